The Hall–Kier alpha value is -2.43. The van der Waals surface area contributed by atoms with E-state index >= 15 is 0 Å². The summed E-state index contributed by atoms with van der Waals surface area (Å²) in [5.41, 5.74) is 1.81. The molecular formula is C14H15FN4. The molecule has 1 N–H and O–H groups in total. The fourth-order valence-corrected chi connectivity index (χ4v) is 1.87. The summed E-state index contributed by atoms with van der Waals surface area (Å²) in [7, 11) is 0. The molecule has 0 atom stereocenters. The molecule has 0 spiro atoms. The summed E-state index contributed by atoms with van der Waals surface area (Å²) in [6.07, 6.45) is 3.10. The summed E-state index contributed by atoms with van der Waals surface area (Å²) in [6, 6.07) is 4.84. The molecule has 4 nitrogen and oxygen atoms in total. The molecule has 1 aromatic heterocycles. The van der Waals surface area contributed by atoms with E-state index in [-0.39, 0.29) is 5.82 Å². The minimum atomic E-state index is -0.331. The van der Waals surface area contributed by atoms with E-state index in [4.69, 9.17) is 0 Å². The minimum absolute atomic E-state index is 0.331. The van der Waals surface area contributed by atoms with Crippen LogP contribution in [0.3, 0.4) is 0 Å². The van der Waals surface area contributed by atoms with E-state index in [1.54, 1.807) is 24.4 Å². The predicted molar refractivity (Wildman–Crippen MR) is 76.8 cm³/mol. The summed E-state index contributed by atoms with van der Waals surface area (Å²) < 4.78 is 15.4. The van der Waals surface area contributed by atoms with Crippen LogP contribution in [0.5, 0.6) is 0 Å². The topological polar surface area (TPSA) is 42.2 Å². The molecule has 0 fully saturated rings. The summed E-state index contributed by atoms with van der Waals surface area (Å²) in [4.78, 5) is 4.12. The Morgan fingerprint density at radius 3 is 2.95 bits per heavy atom. The number of aromatic nitrogens is 2. The van der Waals surface area contributed by atoms with Crippen molar-refractivity contribution >= 4 is 18.5 Å². The lowest BCUT2D eigenvalue weighted by Crippen LogP contribution is -1.99. The van der Waals surface area contributed by atoms with Crippen LogP contribution in [0.15, 0.2) is 36.1 Å². The average Bonchev–Trinajstić information content (AvgIpc) is 2.83. The van der Waals surface area contributed by atoms with E-state index in [0.717, 1.165) is 12.2 Å². The highest BCUT2D eigenvalue weighted by Crippen LogP contribution is 2.27. The maximum atomic E-state index is 14.0. The zero-order valence-corrected chi connectivity index (χ0v) is 10.7. The Balaban J connectivity index is 2.57. The maximum Gasteiger partial charge on any atom is 0.153 e. The number of hydrogen-bond donors (Lipinski definition) is 1. The van der Waals surface area contributed by atoms with E-state index in [2.05, 4.69) is 28.7 Å². The SMILES string of the molecule is C=Cc1ncc(-c2cc(NCC)ccc2F)n1N=C. The summed E-state index contributed by atoms with van der Waals surface area (Å²) >= 11 is 0. The number of hydrogen-bond acceptors (Lipinski definition) is 3. The molecule has 2 rings (SSSR count). The molecule has 98 valence electrons. The normalized spacial score (nSPS) is 10.2. The van der Waals surface area contributed by atoms with E-state index in [1.807, 2.05) is 6.92 Å². The lowest BCUT2D eigenvalue weighted by Gasteiger charge is -2.08. The van der Waals surface area contributed by atoms with Crippen molar-refractivity contribution in [1.29, 1.82) is 0 Å². The molecular weight excluding hydrogens is 243 g/mol. The molecule has 0 amide bonds. The summed E-state index contributed by atoms with van der Waals surface area (Å²) in [6.45, 7) is 9.86. The molecule has 0 saturated heterocycles. The third-order valence-corrected chi connectivity index (χ3v) is 2.71. The predicted octanol–water partition coefficient (Wildman–Crippen LogP) is 3.23. The van der Waals surface area contributed by atoms with Crippen molar-refractivity contribution in [3.8, 4) is 11.3 Å². The van der Waals surface area contributed by atoms with E-state index in [0.29, 0.717) is 17.1 Å². The van der Waals surface area contributed by atoms with Crippen LogP contribution in [0.25, 0.3) is 17.3 Å². The zero-order chi connectivity index (χ0) is 13.8. The van der Waals surface area contributed by atoms with Crippen molar-refractivity contribution in [2.24, 2.45) is 5.10 Å². The van der Waals surface area contributed by atoms with Gasteiger partial charge < -0.3 is 5.32 Å². The maximum absolute atomic E-state index is 14.0. The fraction of sp³-hybridized carbons (Fsp3) is 0.143. The monoisotopic (exact) mass is 258 g/mol. The van der Waals surface area contributed by atoms with Gasteiger partial charge in [-0.3, -0.25) is 0 Å². The van der Waals surface area contributed by atoms with Gasteiger partial charge >= 0.3 is 0 Å². The third-order valence-electron chi connectivity index (χ3n) is 2.71. The Morgan fingerprint density at radius 2 is 2.32 bits per heavy atom. The second kappa shape index (κ2) is 5.48. The lowest BCUT2D eigenvalue weighted by atomic mass is 10.1. The molecule has 1 heterocycles. The van der Waals surface area contributed by atoms with Gasteiger partial charge in [0.25, 0.3) is 0 Å². The van der Waals surface area contributed by atoms with Crippen LogP contribution < -0.4 is 5.32 Å². The number of anilines is 1. The first-order chi connectivity index (χ1) is 9.21. The van der Waals surface area contributed by atoms with Crippen molar-refractivity contribution in [3.63, 3.8) is 0 Å². The number of imidazole rings is 1. The van der Waals surface area contributed by atoms with Gasteiger partial charge in [-0.15, -0.1) is 0 Å². The standard InChI is InChI=1S/C14H15FN4/c1-4-14-18-9-13(19(14)16-3)11-8-10(17-5-2)6-7-12(11)15/h4,6-9,17H,1,3,5H2,2H3. The smallest absolute Gasteiger partial charge is 0.153 e. The van der Waals surface area contributed by atoms with Crippen molar-refractivity contribution in [3.05, 3.63) is 42.6 Å². The summed E-state index contributed by atoms with van der Waals surface area (Å²) in [5, 5.41) is 6.98. The van der Waals surface area contributed by atoms with Crippen LogP contribution in [-0.4, -0.2) is 22.9 Å². The highest BCUT2D eigenvalue weighted by Gasteiger charge is 2.13. The van der Waals surface area contributed by atoms with E-state index < -0.39 is 0 Å². The van der Waals surface area contributed by atoms with Crippen molar-refractivity contribution in [2.75, 3.05) is 11.9 Å². The van der Waals surface area contributed by atoms with Crippen LogP contribution in [0.2, 0.25) is 0 Å². The first kappa shape index (κ1) is 13.0. The van der Waals surface area contributed by atoms with Gasteiger partial charge in [0.1, 0.15) is 5.82 Å². The quantitative estimate of drug-likeness (QED) is 0.837. The van der Waals surface area contributed by atoms with Gasteiger partial charge in [0.05, 0.1) is 11.9 Å². The lowest BCUT2D eigenvalue weighted by molar-refractivity contribution is 0.629. The van der Waals surface area contributed by atoms with E-state index in [9.17, 15) is 4.39 Å². The molecule has 0 bridgehead atoms. The van der Waals surface area contributed by atoms with Crippen molar-refractivity contribution < 1.29 is 4.39 Å². The highest BCUT2D eigenvalue weighted by atomic mass is 19.1. The Kier molecular flexibility index (Phi) is 3.75. The molecule has 0 radical (unpaired) electrons. The second-order valence-corrected chi connectivity index (χ2v) is 3.88. The highest BCUT2D eigenvalue weighted by molar-refractivity contribution is 5.67. The van der Waals surface area contributed by atoms with Crippen molar-refractivity contribution in [1.82, 2.24) is 9.66 Å². The summed E-state index contributed by atoms with van der Waals surface area (Å²) in [5.74, 6) is 0.195. The molecule has 2 aromatic rings. The van der Waals surface area contributed by atoms with Crippen LogP contribution >= 0.6 is 0 Å². The van der Waals surface area contributed by atoms with Gasteiger partial charge in [-0.1, -0.05) is 6.58 Å². The van der Waals surface area contributed by atoms with Gasteiger partial charge in [-0.25, -0.2) is 14.1 Å². The van der Waals surface area contributed by atoms with Crippen LogP contribution in [0.4, 0.5) is 10.1 Å². The largest absolute Gasteiger partial charge is 0.385 e. The number of nitrogens with one attached hydrogen (secondary N) is 1. The van der Waals surface area contributed by atoms with Crippen molar-refractivity contribution in [2.45, 2.75) is 6.92 Å². The molecule has 0 aliphatic heterocycles. The molecule has 0 saturated carbocycles. The van der Waals surface area contributed by atoms with E-state index in [1.165, 1.54) is 10.7 Å². The molecule has 0 aliphatic rings. The Morgan fingerprint density at radius 1 is 1.53 bits per heavy atom. The number of rotatable bonds is 5. The van der Waals surface area contributed by atoms with Gasteiger partial charge in [-0.05, 0) is 31.2 Å². The molecule has 0 unspecified atom stereocenters. The van der Waals surface area contributed by atoms with Crippen LogP contribution in [-0.2, 0) is 0 Å². The van der Waals surface area contributed by atoms with Crippen LogP contribution in [0, 0.1) is 5.82 Å². The van der Waals surface area contributed by atoms with Gasteiger partial charge in [0.15, 0.2) is 5.82 Å². The molecule has 1 aromatic carbocycles. The first-order valence-electron chi connectivity index (χ1n) is 5.92. The van der Waals surface area contributed by atoms with Gasteiger partial charge in [-0.2, -0.15) is 5.10 Å². The number of benzene rings is 1. The Bertz CT molecular complexity index is 616. The Labute approximate surface area is 111 Å². The first-order valence-corrected chi connectivity index (χ1v) is 5.92. The molecule has 0 aliphatic carbocycles. The van der Waals surface area contributed by atoms with Gasteiger partial charge in [0, 0.05) is 24.5 Å². The number of nitrogens with zero attached hydrogens (tertiary/aromatic N) is 3. The molecule has 5 heteroatoms. The third kappa shape index (κ3) is 2.40. The van der Waals surface area contributed by atoms with Crippen LogP contribution in [0.1, 0.15) is 12.7 Å². The zero-order valence-electron chi connectivity index (χ0n) is 10.7. The van der Waals surface area contributed by atoms with Gasteiger partial charge in [0.2, 0.25) is 0 Å². The average molecular weight is 258 g/mol. The minimum Gasteiger partial charge on any atom is -0.385 e. The fourth-order valence-electron chi connectivity index (χ4n) is 1.87. The number of halogens is 1. The second-order valence-electron chi connectivity index (χ2n) is 3.88. The molecule has 19 heavy (non-hydrogen) atoms.